The van der Waals surface area contributed by atoms with Crippen LogP contribution in [-0.4, -0.2) is 17.9 Å². The smallest absolute Gasteiger partial charge is 0.265 e. The SMILES string of the molecule is Cc1cccc(C)c1OC(C)C(=O)Nc1ccc(NC(=O)c2ccccc2)cc1. The lowest BCUT2D eigenvalue weighted by Gasteiger charge is -2.18. The lowest BCUT2D eigenvalue weighted by molar-refractivity contribution is -0.122. The van der Waals surface area contributed by atoms with E-state index in [0.29, 0.717) is 16.9 Å². The maximum atomic E-state index is 12.5. The Kier molecular flexibility index (Phi) is 6.29. The molecule has 3 aromatic carbocycles. The fourth-order valence-electron chi connectivity index (χ4n) is 2.89. The number of aryl methyl sites for hydroxylation is 2. The average Bonchev–Trinajstić information content (AvgIpc) is 2.72. The molecule has 5 heteroatoms. The minimum atomic E-state index is -0.646. The first-order valence-corrected chi connectivity index (χ1v) is 9.44. The van der Waals surface area contributed by atoms with Crippen molar-refractivity contribution in [3.63, 3.8) is 0 Å². The normalized spacial score (nSPS) is 11.4. The molecule has 3 rings (SSSR count). The number of nitrogens with one attached hydrogen (secondary N) is 2. The van der Waals surface area contributed by atoms with Gasteiger partial charge in [-0.2, -0.15) is 0 Å². The molecule has 5 nitrogen and oxygen atoms in total. The van der Waals surface area contributed by atoms with E-state index in [1.807, 2.05) is 50.2 Å². The van der Waals surface area contributed by atoms with Crippen LogP contribution >= 0.6 is 0 Å². The Labute approximate surface area is 170 Å². The van der Waals surface area contributed by atoms with Gasteiger partial charge in [0.05, 0.1) is 0 Å². The highest BCUT2D eigenvalue weighted by Crippen LogP contribution is 2.24. The largest absolute Gasteiger partial charge is 0.480 e. The van der Waals surface area contributed by atoms with Gasteiger partial charge in [0.1, 0.15) is 5.75 Å². The average molecular weight is 388 g/mol. The van der Waals surface area contributed by atoms with Crippen LogP contribution < -0.4 is 15.4 Å². The van der Waals surface area contributed by atoms with Gasteiger partial charge in [0, 0.05) is 16.9 Å². The van der Waals surface area contributed by atoms with E-state index < -0.39 is 6.10 Å². The zero-order valence-corrected chi connectivity index (χ0v) is 16.7. The zero-order valence-electron chi connectivity index (χ0n) is 16.7. The maximum Gasteiger partial charge on any atom is 0.265 e. The van der Waals surface area contributed by atoms with E-state index in [1.165, 1.54) is 0 Å². The van der Waals surface area contributed by atoms with Crippen molar-refractivity contribution in [2.45, 2.75) is 26.9 Å². The Morgan fingerprint density at radius 3 is 1.90 bits per heavy atom. The summed E-state index contributed by atoms with van der Waals surface area (Å²) in [7, 11) is 0. The number of anilines is 2. The predicted molar refractivity (Wildman–Crippen MR) is 115 cm³/mol. The van der Waals surface area contributed by atoms with Crippen molar-refractivity contribution in [1.82, 2.24) is 0 Å². The van der Waals surface area contributed by atoms with Crippen LogP contribution in [0.3, 0.4) is 0 Å². The van der Waals surface area contributed by atoms with Gasteiger partial charge in [0.2, 0.25) is 0 Å². The predicted octanol–water partition coefficient (Wildman–Crippen LogP) is 4.96. The van der Waals surface area contributed by atoms with Crippen LogP contribution in [-0.2, 0) is 4.79 Å². The van der Waals surface area contributed by atoms with Gasteiger partial charge in [-0.05, 0) is 68.3 Å². The van der Waals surface area contributed by atoms with E-state index in [1.54, 1.807) is 43.3 Å². The van der Waals surface area contributed by atoms with Gasteiger partial charge in [0.15, 0.2) is 6.10 Å². The Hall–Kier alpha value is -3.60. The van der Waals surface area contributed by atoms with Gasteiger partial charge in [-0.15, -0.1) is 0 Å². The second-order valence-electron chi connectivity index (χ2n) is 6.87. The highest BCUT2D eigenvalue weighted by Gasteiger charge is 2.17. The van der Waals surface area contributed by atoms with Crippen LogP contribution in [0, 0.1) is 13.8 Å². The Morgan fingerprint density at radius 1 is 0.759 bits per heavy atom. The van der Waals surface area contributed by atoms with Crippen molar-refractivity contribution in [1.29, 1.82) is 0 Å². The highest BCUT2D eigenvalue weighted by molar-refractivity contribution is 6.04. The first-order valence-electron chi connectivity index (χ1n) is 9.44. The van der Waals surface area contributed by atoms with Crippen molar-refractivity contribution < 1.29 is 14.3 Å². The molecule has 0 saturated heterocycles. The van der Waals surface area contributed by atoms with Crippen LogP contribution in [0.4, 0.5) is 11.4 Å². The maximum absolute atomic E-state index is 12.5. The van der Waals surface area contributed by atoms with Crippen LogP contribution in [0.5, 0.6) is 5.75 Å². The Morgan fingerprint density at radius 2 is 1.31 bits per heavy atom. The Bertz CT molecular complexity index is 978. The third-order valence-corrected chi connectivity index (χ3v) is 4.52. The van der Waals surface area contributed by atoms with Gasteiger partial charge in [-0.25, -0.2) is 0 Å². The van der Waals surface area contributed by atoms with Gasteiger partial charge in [-0.3, -0.25) is 9.59 Å². The van der Waals surface area contributed by atoms with Crippen LogP contribution in [0.2, 0.25) is 0 Å². The first kappa shape index (κ1) is 20.1. The molecular weight excluding hydrogens is 364 g/mol. The summed E-state index contributed by atoms with van der Waals surface area (Å²) in [6.45, 7) is 5.63. The minimum absolute atomic E-state index is 0.182. The second kappa shape index (κ2) is 9.06. The molecule has 0 aliphatic heterocycles. The number of carbonyl (C=O) groups excluding carboxylic acids is 2. The molecule has 2 amide bonds. The van der Waals surface area contributed by atoms with E-state index in [9.17, 15) is 9.59 Å². The Balaban J connectivity index is 1.59. The number of para-hydroxylation sites is 1. The number of carbonyl (C=O) groups is 2. The number of hydrogen-bond acceptors (Lipinski definition) is 3. The van der Waals surface area contributed by atoms with Crippen LogP contribution in [0.1, 0.15) is 28.4 Å². The van der Waals surface area contributed by atoms with E-state index in [0.717, 1.165) is 16.9 Å². The number of ether oxygens (including phenoxy) is 1. The highest BCUT2D eigenvalue weighted by atomic mass is 16.5. The molecule has 29 heavy (non-hydrogen) atoms. The fourth-order valence-corrected chi connectivity index (χ4v) is 2.89. The summed E-state index contributed by atoms with van der Waals surface area (Å²) < 4.78 is 5.87. The summed E-state index contributed by atoms with van der Waals surface area (Å²) in [5.74, 6) is 0.306. The summed E-state index contributed by atoms with van der Waals surface area (Å²) in [6, 6.07) is 21.8. The lowest BCUT2D eigenvalue weighted by Crippen LogP contribution is -2.30. The monoisotopic (exact) mass is 388 g/mol. The number of hydrogen-bond donors (Lipinski definition) is 2. The van der Waals surface area contributed by atoms with Crippen LogP contribution in [0.15, 0.2) is 72.8 Å². The van der Waals surface area contributed by atoms with Crippen molar-refractivity contribution in [3.8, 4) is 5.75 Å². The molecule has 2 N–H and O–H groups in total. The molecular formula is C24H24N2O3. The second-order valence-corrected chi connectivity index (χ2v) is 6.87. The molecule has 0 aromatic heterocycles. The molecule has 0 heterocycles. The summed E-state index contributed by atoms with van der Waals surface area (Å²) in [5.41, 5.74) is 3.84. The number of rotatable bonds is 6. The molecule has 0 spiro atoms. The summed E-state index contributed by atoms with van der Waals surface area (Å²) >= 11 is 0. The third-order valence-electron chi connectivity index (χ3n) is 4.52. The van der Waals surface area contributed by atoms with E-state index in [2.05, 4.69) is 10.6 Å². The minimum Gasteiger partial charge on any atom is -0.480 e. The van der Waals surface area contributed by atoms with Crippen molar-refractivity contribution in [2.75, 3.05) is 10.6 Å². The standard InChI is InChI=1S/C24H24N2O3/c1-16-8-7-9-17(2)22(16)29-18(3)23(27)25-20-12-14-21(15-13-20)26-24(28)19-10-5-4-6-11-19/h4-15,18H,1-3H3,(H,25,27)(H,26,28). The summed E-state index contributed by atoms with van der Waals surface area (Å²) in [5, 5.41) is 5.67. The molecule has 1 unspecified atom stereocenters. The van der Waals surface area contributed by atoms with Gasteiger partial charge >= 0.3 is 0 Å². The summed E-state index contributed by atoms with van der Waals surface area (Å²) in [6.07, 6.45) is -0.646. The zero-order chi connectivity index (χ0) is 20.8. The van der Waals surface area contributed by atoms with E-state index in [-0.39, 0.29) is 11.8 Å². The van der Waals surface area contributed by atoms with Gasteiger partial charge in [-0.1, -0.05) is 36.4 Å². The van der Waals surface area contributed by atoms with Crippen molar-refractivity contribution in [2.24, 2.45) is 0 Å². The molecule has 148 valence electrons. The molecule has 0 radical (unpaired) electrons. The van der Waals surface area contributed by atoms with Crippen molar-refractivity contribution in [3.05, 3.63) is 89.5 Å². The number of amides is 2. The van der Waals surface area contributed by atoms with Crippen molar-refractivity contribution >= 4 is 23.2 Å². The van der Waals surface area contributed by atoms with Crippen LogP contribution in [0.25, 0.3) is 0 Å². The molecule has 0 aliphatic carbocycles. The molecule has 1 atom stereocenters. The first-order chi connectivity index (χ1) is 13.9. The molecule has 0 aliphatic rings. The van der Waals surface area contributed by atoms with E-state index >= 15 is 0 Å². The molecule has 0 saturated carbocycles. The van der Waals surface area contributed by atoms with E-state index in [4.69, 9.17) is 4.74 Å². The quantitative estimate of drug-likeness (QED) is 0.627. The molecule has 3 aromatic rings. The topological polar surface area (TPSA) is 67.4 Å². The van der Waals surface area contributed by atoms with Gasteiger partial charge in [0.25, 0.3) is 11.8 Å². The fraction of sp³-hybridized carbons (Fsp3) is 0.167. The molecule has 0 fully saturated rings. The summed E-state index contributed by atoms with van der Waals surface area (Å²) in [4.78, 5) is 24.7. The number of benzene rings is 3. The lowest BCUT2D eigenvalue weighted by atomic mass is 10.1. The van der Waals surface area contributed by atoms with Gasteiger partial charge < -0.3 is 15.4 Å². The third kappa shape index (κ3) is 5.23. The molecule has 0 bridgehead atoms.